The van der Waals surface area contributed by atoms with E-state index in [-0.39, 0.29) is 12.4 Å². The van der Waals surface area contributed by atoms with Crippen LogP contribution < -0.4 is 4.74 Å². The van der Waals surface area contributed by atoms with Crippen LogP contribution in [0.1, 0.15) is 32.1 Å². The first-order chi connectivity index (χ1) is 9.06. The predicted octanol–water partition coefficient (Wildman–Crippen LogP) is 4.05. The van der Waals surface area contributed by atoms with Crippen LogP contribution in [0.4, 0.5) is 8.78 Å². The first-order valence-corrected chi connectivity index (χ1v) is 7.31. The molecule has 2 rings (SSSR count). The molecule has 0 spiro atoms. The number of rotatable bonds is 5. The molecule has 0 bridgehead atoms. The van der Waals surface area contributed by atoms with Crippen LogP contribution in [-0.4, -0.2) is 17.8 Å². The van der Waals surface area contributed by atoms with Crippen molar-refractivity contribution in [3.8, 4) is 5.75 Å². The lowest BCUT2D eigenvalue weighted by Crippen LogP contribution is -2.20. The SMILES string of the molecule is OC(COc1cc(Br)cc(F)c1F)CC1CCCC1. The molecule has 1 atom stereocenters. The topological polar surface area (TPSA) is 29.5 Å². The fourth-order valence-electron chi connectivity index (χ4n) is 2.52. The second kappa shape index (κ2) is 6.66. The quantitative estimate of drug-likeness (QED) is 0.823. The number of benzene rings is 1. The van der Waals surface area contributed by atoms with Gasteiger partial charge < -0.3 is 9.84 Å². The van der Waals surface area contributed by atoms with E-state index < -0.39 is 17.7 Å². The first-order valence-electron chi connectivity index (χ1n) is 6.51. The van der Waals surface area contributed by atoms with E-state index in [1.165, 1.54) is 18.9 Å². The summed E-state index contributed by atoms with van der Waals surface area (Å²) < 4.78 is 32.2. The fraction of sp³-hybridized carbons (Fsp3) is 0.571. The first kappa shape index (κ1) is 14.7. The van der Waals surface area contributed by atoms with Gasteiger partial charge in [0.15, 0.2) is 11.6 Å². The van der Waals surface area contributed by atoms with E-state index in [0.29, 0.717) is 16.8 Å². The van der Waals surface area contributed by atoms with Crippen LogP contribution in [0.5, 0.6) is 5.75 Å². The van der Waals surface area contributed by atoms with E-state index in [1.807, 2.05) is 0 Å². The molecule has 106 valence electrons. The summed E-state index contributed by atoms with van der Waals surface area (Å²) in [5, 5.41) is 9.85. The summed E-state index contributed by atoms with van der Waals surface area (Å²) in [5.74, 6) is -1.62. The van der Waals surface area contributed by atoms with Gasteiger partial charge in [-0.25, -0.2) is 4.39 Å². The second-order valence-corrected chi connectivity index (χ2v) is 5.97. The molecule has 0 saturated heterocycles. The molecule has 0 heterocycles. The van der Waals surface area contributed by atoms with Gasteiger partial charge in [0.2, 0.25) is 5.82 Å². The van der Waals surface area contributed by atoms with Crippen LogP contribution in [0.3, 0.4) is 0 Å². The molecule has 0 aromatic heterocycles. The standard InChI is InChI=1S/C14H17BrF2O2/c15-10-6-12(16)14(17)13(7-10)19-8-11(18)5-9-3-1-2-4-9/h6-7,9,11,18H,1-5,8H2. The fourth-order valence-corrected chi connectivity index (χ4v) is 2.93. The summed E-state index contributed by atoms with van der Waals surface area (Å²) in [6.07, 6.45) is 4.73. The van der Waals surface area contributed by atoms with E-state index in [0.717, 1.165) is 18.9 Å². The Kier molecular flexibility index (Phi) is 5.16. The Bertz CT molecular complexity index is 434. The summed E-state index contributed by atoms with van der Waals surface area (Å²) in [6, 6.07) is 2.40. The zero-order valence-corrected chi connectivity index (χ0v) is 12.1. The van der Waals surface area contributed by atoms with Crippen LogP contribution in [0.15, 0.2) is 16.6 Å². The molecular formula is C14H17BrF2O2. The Hall–Kier alpha value is -0.680. The zero-order chi connectivity index (χ0) is 13.8. The number of hydrogen-bond acceptors (Lipinski definition) is 2. The molecule has 0 aliphatic heterocycles. The maximum atomic E-state index is 13.4. The zero-order valence-electron chi connectivity index (χ0n) is 10.5. The van der Waals surface area contributed by atoms with E-state index in [2.05, 4.69) is 15.9 Å². The van der Waals surface area contributed by atoms with Crippen molar-refractivity contribution < 1.29 is 18.6 Å². The van der Waals surface area contributed by atoms with Crippen molar-refractivity contribution >= 4 is 15.9 Å². The van der Waals surface area contributed by atoms with Crippen molar-refractivity contribution in [1.29, 1.82) is 0 Å². The molecule has 1 N–H and O–H groups in total. The van der Waals surface area contributed by atoms with E-state index >= 15 is 0 Å². The van der Waals surface area contributed by atoms with E-state index in [4.69, 9.17) is 4.74 Å². The summed E-state index contributed by atoms with van der Waals surface area (Å²) in [4.78, 5) is 0. The highest BCUT2D eigenvalue weighted by atomic mass is 79.9. The average molecular weight is 335 g/mol. The molecule has 1 aliphatic rings. The van der Waals surface area contributed by atoms with Crippen molar-refractivity contribution in [3.05, 3.63) is 28.2 Å². The Morgan fingerprint density at radius 3 is 2.68 bits per heavy atom. The Morgan fingerprint density at radius 1 is 1.32 bits per heavy atom. The maximum absolute atomic E-state index is 13.4. The molecule has 1 fully saturated rings. The summed E-state index contributed by atoms with van der Waals surface area (Å²) >= 11 is 3.08. The van der Waals surface area contributed by atoms with Crippen molar-refractivity contribution in [2.24, 2.45) is 5.92 Å². The molecule has 19 heavy (non-hydrogen) atoms. The molecule has 0 radical (unpaired) electrons. The molecule has 1 aromatic rings. The van der Waals surface area contributed by atoms with Crippen LogP contribution in [0.25, 0.3) is 0 Å². The lowest BCUT2D eigenvalue weighted by molar-refractivity contribution is 0.0833. The number of ether oxygens (including phenoxy) is 1. The van der Waals surface area contributed by atoms with Gasteiger partial charge in [-0.3, -0.25) is 0 Å². The third-order valence-corrected chi connectivity index (χ3v) is 3.93. The minimum atomic E-state index is -1.02. The van der Waals surface area contributed by atoms with Gasteiger partial charge in [0, 0.05) is 4.47 Å². The highest BCUT2D eigenvalue weighted by Crippen LogP contribution is 2.29. The minimum Gasteiger partial charge on any atom is -0.488 e. The van der Waals surface area contributed by atoms with Gasteiger partial charge in [-0.1, -0.05) is 41.6 Å². The lowest BCUT2D eigenvalue weighted by atomic mass is 10.0. The van der Waals surface area contributed by atoms with Gasteiger partial charge in [0.05, 0.1) is 6.10 Å². The van der Waals surface area contributed by atoms with Crippen molar-refractivity contribution in [3.63, 3.8) is 0 Å². The molecule has 1 aromatic carbocycles. The molecular weight excluding hydrogens is 318 g/mol. The van der Waals surface area contributed by atoms with Gasteiger partial charge in [-0.15, -0.1) is 0 Å². The van der Waals surface area contributed by atoms with Crippen LogP contribution >= 0.6 is 15.9 Å². The molecule has 2 nitrogen and oxygen atoms in total. The molecule has 5 heteroatoms. The summed E-state index contributed by atoms with van der Waals surface area (Å²) in [7, 11) is 0. The van der Waals surface area contributed by atoms with Gasteiger partial charge >= 0.3 is 0 Å². The van der Waals surface area contributed by atoms with Crippen molar-refractivity contribution in [2.75, 3.05) is 6.61 Å². The van der Waals surface area contributed by atoms with Crippen LogP contribution in [-0.2, 0) is 0 Å². The summed E-state index contributed by atoms with van der Waals surface area (Å²) in [6.45, 7) is -0.0106. The van der Waals surface area contributed by atoms with Crippen molar-refractivity contribution in [1.82, 2.24) is 0 Å². The van der Waals surface area contributed by atoms with E-state index in [9.17, 15) is 13.9 Å². The van der Waals surface area contributed by atoms with Gasteiger partial charge in [-0.05, 0) is 24.5 Å². The monoisotopic (exact) mass is 334 g/mol. The molecule has 1 saturated carbocycles. The third-order valence-electron chi connectivity index (χ3n) is 3.47. The highest BCUT2D eigenvalue weighted by molar-refractivity contribution is 9.10. The summed E-state index contributed by atoms with van der Waals surface area (Å²) in [5.41, 5.74) is 0. The maximum Gasteiger partial charge on any atom is 0.200 e. The van der Waals surface area contributed by atoms with Crippen LogP contribution in [0, 0.1) is 17.6 Å². The Balaban J connectivity index is 1.87. The average Bonchev–Trinajstić information content (AvgIpc) is 2.84. The van der Waals surface area contributed by atoms with Crippen molar-refractivity contribution in [2.45, 2.75) is 38.2 Å². The molecule has 1 unspecified atom stereocenters. The highest BCUT2D eigenvalue weighted by Gasteiger charge is 2.20. The van der Waals surface area contributed by atoms with Gasteiger partial charge in [-0.2, -0.15) is 4.39 Å². The normalized spacial score (nSPS) is 17.7. The Morgan fingerprint density at radius 2 is 2.00 bits per heavy atom. The largest absolute Gasteiger partial charge is 0.488 e. The lowest BCUT2D eigenvalue weighted by Gasteiger charge is -2.16. The predicted molar refractivity (Wildman–Crippen MR) is 72.1 cm³/mol. The number of halogens is 3. The third kappa shape index (κ3) is 4.14. The van der Waals surface area contributed by atoms with E-state index in [1.54, 1.807) is 0 Å². The number of aliphatic hydroxyl groups excluding tert-OH is 1. The smallest absolute Gasteiger partial charge is 0.200 e. The van der Waals surface area contributed by atoms with Gasteiger partial charge in [0.1, 0.15) is 6.61 Å². The Labute approximate surface area is 119 Å². The number of aliphatic hydroxyl groups is 1. The molecule has 0 amide bonds. The molecule has 1 aliphatic carbocycles. The second-order valence-electron chi connectivity index (χ2n) is 5.05. The number of hydrogen-bond donors (Lipinski definition) is 1. The minimum absolute atomic E-state index is 0.0106. The van der Waals surface area contributed by atoms with Gasteiger partial charge in [0.25, 0.3) is 0 Å². The van der Waals surface area contributed by atoms with Crippen LogP contribution in [0.2, 0.25) is 0 Å².